The topological polar surface area (TPSA) is 107 Å². The van der Waals surface area contributed by atoms with Crippen LogP contribution >= 0.6 is 0 Å². The molecule has 0 N–H and O–H groups in total. The van der Waals surface area contributed by atoms with E-state index in [-0.39, 0.29) is 24.8 Å². The lowest BCUT2D eigenvalue weighted by Gasteiger charge is -2.22. The summed E-state index contributed by atoms with van der Waals surface area (Å²) in [6, 6.07) is 19.8. The lowest BCUT2D eigenvalue weighted by atomic mass is 10.0. The van der Waals surface area contributed by atoms with Crippen molar-refractivity contribution in [2.24, 2.45) is 0 Å². The smallest absolute Gasteiger partial charge is 0.275 e. The SMILES string of the molecule is CCN(C(=O)Cn1nc(Cc2ccc(C#N)cc2)c2ccc(OC)cc2c1=O)c1ccc2c(c1)OCO2. The van der Waals surface area contributed by atoms with Crippen LogP contribution in [0.2, 0.25) is 0 Å². The Morgan fingerprint density at radius 1 is 1.08 bits per heavy atom. The van der Waals surface area contributed by atoms with Gasteiger partial charge in [0.05, 0.1) is 29.8 Å². The molecule has 9 nitrogen and oxygen atoms in total. The standard InChI is InChI=1S/C28H24N4O5/c1-3-31(20-8-11-25-26(13-20)37-17-36-25)27(33)16-32-28(34)23-14-21(35-2)9-10-22(23)24(30-32)12-18-4-6-19(15-29)7-5-18/h4-11,13-14H,3,12,16-17H2,1-2H3. The molecule has 1 aliphatic heterocycles. The number of fused-ring (bicyclic) bond motifs is 2. The number of hydrogen-bond donors (Lipinski definition) is 0. The van der Waals surface area contributed by atoms with Gasteiger partial charge in [-0.25, -0.2) is 4.68 Å². The number of ether oxygens (including phenoxy) is 3. The van der Waals surface area contributed by atoms with Crippen LogP contribution in [0.15, 0.2) is 65.5 Å². The summed E-state index contributed by atoms with van der Waals surface area (Å²) in [6.45, 7) is 2.16. The van der Waals surface area contributed by atoms with Crippen molar-refractivity contribution in [3.05, 3.63) is 87.8 Å². The van der Waals surface area contributed by atoms with Crippen LogP contribution in [0.1, 0.15) is 23.7 Å². The molecule has 0 aliphatic carbocycles. The average Bonchev–Trinajstić information content (AvgIpc) is 3.40. The van der Waals surface area contributed by atoms with Crippen LogP contribution in [0.4, 0.5) is 5.69 Å². The fourth-order valence-corrected chi connectivity index (χ4v) is 4.36. The number of aromatic nitrogens is 2. The Hall–Kier alpha value is -4.84. The third kappa shape index (κ3) is 4.69. The number of benzene rings is 3. The van der Waals surface area contributed by atoms with E-state index in [0.717, 1.165) is 5.56 Å². The summed E-state index contributed by atoms with van der Waals surface area (Å²) in [5, 5.41) is 14.8. The number of carbonyl (C=O) groups excluding carboxylic acids is 1. The Balaban J connectivity index is 1.52. The first kappa shape index (κ1) is 23.9. The summed E-state index contributed by atoms with van der Waals surface area (Å²) in [5.74, 6) is 1.44. The number of methoxy groups -OCH3 is 1. The highest BCUT2D eigenvalue weighted by Crippen LogP contribution is 2.35. The zero-order valence-corrected chi connectivity index (χ0v) is 20.4. The van der Waals surface area contributed by atoms with Crippen LogP contribution < -0.4 is 24.7 Å². The summed E-state index contributed by atoms with van der Waals surface area (Å²) in [7, 11) is 1.53. The quantitative estimate of drug-likeness (QED) is 0.384. The molecule has 1 aliphatic rings. The zero-order chi connectivity index (χ0) is 25.9. The molecule has 2 heterocycles. The number of amides is 1. The van der Waals surface area contributed by atoms with Gasteiger partial charge in [-0.1, -0.05) is 12.1 Å². The van der Waals surface area contributed by atoms with Gasteiger partial charge in [0.1, 0.15) is 12.3 Å². The van der Waals surface area contributed by atoms with E-state index >= 15 is 0 Å². The third-order valence-electron chi connectivity index (χ3n) is 6.27. The van der Waals surface area contributed by atoms with Crippen LogP contribution in [0.25, 0.3) is 10.8 Å². The number of nitrogens with zero attached hydrogens (tertiary/aromatic N) is 4. The number of likely N-dealkylation sites (N-methyl/N-ethyl adjacent to an activating group) is 1. The van der Waals surface area contributed by atoms with E-state index in [1.165, 1.54) is 11.8 Å². The molecular weight excluding hydrogens is 472 g/mol. The lowest BCUT2D eigenvalue weighted by molar-refractivity contribution is -0.119. The molecule has 0 fully saturated rings. The van der Waals surface area contributed by atoms with Crippen molar-refractivity contribution < 1.29 is 19.0 Å². The van der Waals surface area contributed by atoms with E-state index in [4.69, 9.17) is 19.5 Å². The van der Waals surface area contributed by atoms with Gasteiger partial charge in [-0.2, -0.15) is 10.4 Å². The first-order valence-electron chi connectivity index (χ1n) is 11.8. The first-order valence-corrected chi connectivity index (χ1v) is 11.8. The van der Waals surface area contributed by atoms with Gasteiger partial charge >= 0.3 is 0 Å². The normalized spacial score (nSPS) is 11.8. The molecular formula is C28H24N4O5. The van der Waals surface area contributed by atoms with Crippen molar-refractivity contribution >= 4 is 22.4 Å². The van der Waals surface area contributed by atoms with Gasteiger partial charge in [0.2, 0.25) is 12.7 Å². The largest absolute Gasteiger partial charge is 0.497 e. The Morgan fingerprint density at radius 3 is 2.59 bits per heavy atom. The summed E-state index contributed by atoms with van der Waals surface area (Å²) < 4.78 is 17.4. The molecule has 1 aromatic heterocycles. The van der Waals surface area contributed by atoms with E-state index in [2.05, 4.69) is 11.2 Å². The molecule has 0 bridgehead atoms. The lowest BCUT2D eigenvalue weighted by Crippen LogP contribution is -2.37. The molecule has 5 rings (SSSR count). The van der Waals surface area contributed by atoms with E-state index in [1.54, 1.807) is 53.4 Å². The number of rotatable bonds is 7. The monoisotopic (exact) mass is 496 g/mol. The fourth-order valence-electron chi connectivity index (χ4n) is 4.36. The number of anilines is 1. The molecule has 9 heteroatoms. The maximum Gasteiger partial charge on any atom is 0.275 e. The minimum atomic E-state index is -0.382. The molecule has 4 aromatic rings. The fraction of sp³-hybridized carbons (Fsp3) is 0.214. The Morgan fingerprint density at radius 2 is 1.86 bits per heavy atom. The van der Waals surface area contributed by atoms with Gasteiger partial charge in [0, 0.05) is 30.1 Å². The van der Waals surface area contributed by atoms with E-state index in [0.29, 0.717) is 57.9 Å². The van der Waals surface area contributed by atoms with Crippen LogP contribution in [0.5, 0.6) is 17.2 Å². The molecule has 0 radical (unpaired) electrons. The molecule has 0 saturated heterocycles. The average molecular weight is 497 g/mol. The minimum Gasteiger partial charge on any atom is -0.497 e. The summed E-state index contributed by atoms with van der Waals surface area (Å²) >= 11 is 0. The summed E-state index contributed by atoms with van der Waals surface area (Å²) in [4.78, 5) is 28.4. The Kier molecular flexibility index (Phi) is 6.47. The second kappa shape index (κ2) is 10.0. The minimum absolute atomic E-state index is 0.140. The molecule has 1 amide bonds. The van der Waals surface area contributed by atoms with Gasteiger partial charge in [0.25, 0.3) is 5.56 Å². The number of carbonyl (C=O) groups is 1. The Labute approximate surface area is 213 Å². The molecule has 0 unspecified atom stereocenters. The van der Waals surface area contributed by atoms with E-state index < -0.39 is 0 Å². The second-order valence-electron chi connectivity index (χ2n) is 8.48. The highest BCUT2D eigenvalue weighted by atomic mass is 16.7. The molecule has 0 spiro atoms. The first-order chi connectivity index (χ1) is 18.0. The van der Waals surface area contributed by atoms with E-state index in [9.17, 15) is 9.59 Å². The highest BCUT2D eigenvalue weighted by molar-refractivity contribution is 5.94. The van der Waals surface area contributed by atoms with Crippen molar-refractivity contribution in [3.63, 3.8) is 0 Å². The van der Waals surface area contributed by atoms with Crippen LogP contribution in [-0.4, -0.2) is 36.1 Å². The van der Waals surface area contributed by atoms with E-state index in [1.807, 2.05) is 19.1 Å². The highest BCUT2D eigenvalue weighted by Gasteiger charge is 2.21. The molecule has 0 saturated carbocycles. The van der Waals surface area contributed by atoms with Gasteiger partial charge in [-0.3, -0.25) is 9.59 Å². The van der Waals surface area contributed by atoms with Crippen molar-refractivity contribution in [3.8, 4) is 23.3 Å². The predicted octanol–water partition coefficient (Wildman–Crippen LogP) is 3.65. The molecule has 37 heavy (non-hydrogen) atoms. The molecule has 3 aromatic carbocycles. The van der Waals surface area contributed by atoms with Crippen LogP contribution in [0.3, 0.4) is 0 Å². The number of hydrogen-bond acceptors (Lipinski definition) is 7. The zero-order valence-electron chi connectivity index (χ0n) is 20.4. The second-order valence-corrected chi connectivity index (χ2v) is 8.48. The van der Waals surface area contributed by atoms with Gasteiger partial charge in [-0.05, 0) is 55.0 Å². The number of nitriles is 1. The van der Waals surface area contributed by atoms with Crippen molar-refractivity contribution in [2.45, 2.75) is 19.9 Å². The molecule has 0 atom stereocenters. The summed E-state index contributed by atoms with van der Waals surface area (Å²) in [6.07, 6.45) is 0.419. The maximum atomic E-state index is 13.4. The third-order valence-corrected chi connectivity index (χ3v) is 6.27. The molecule has 186 valence electrons. The van der Waals surface area contributed by atoms with Crippen molar-refractivity contribution in [1.82, 2.24) is 9.78 Å². The predicted molar refractivity (Wildman–Crippen MR) is 137 cm³/mol. The van der Waals surface area contributed by atoms with Crippen molar-refractivity contribution in [1.29, 1.82) is 5.26 Å². The van der Waals surface area contributed by atoms with Gasteiger partial charge in [-0.15, -0.1) is 0 Å². The maximum absolute atomic E-state index is 13.4. The van der Waals surface area contributed by atoms with Gasteiger partial charge < -0.3 is 19.1 Å². The van der Waals surface area contributed by atoms with Crippen LogP contribution in [0, 0.1) is 11.3 Å². The van der Waals surface area contributed by atoms with Crippen LogP contribution in [-0.2, 0) is 17.8 Å². The Bertz CT molecular complexity index is 1590. The van der Waals surface area contributed by atoms with Crippen molar-refractivity contribution in [2.75, 3.05) is 25.3 Å². The summed E-state index contributed by atoms with van der Waals surface area (Å²) in [5.41, 5.74) is 2.39. The van der Waals surface area contributed by atoms with Gasteiger partial charge in [0.15, 0.2) is 11.5 Å².